The van der Waals surface area contributed by atoms with Gasteiger partial charge in [0.1, 0.15) is 5.82 Å². The van der Waals surface area contributed by atoms with Crippen LogP contribution in [0.5, 0.6) is 0 Å². The average molecular weight is 328 g/mol. The zero-order chi connectivity index (χ0) is 13.8. The van der Waals surface area contributed by atoms with Crippen molar-refractivity contribution < 1.29 is 4.39 Å². The summed E-state index contributed by atoms with van der Waals surface area (Å²) < 4.78 is 14.7. The van der Waals surface area contributed by atoms with Crippen molar-refractivity contribution in [3.63, 3.8) is 0 Å². The van der Waals surface area contributed by atoms with E-state index in [-0.39, 0.29) is 11.9 Å². The average Bonchev–Trinajstić information content (AvgIpc) is 2.39. The molecule has 1 N–H and O–H groups in total. The van der Waals surface area contributed by atoms with E-state index < -0.39 is 0 Å². The van der Waals surface area contributed by atoms with Gasteiger partial charge >= 0.3 is 0 Å². The van der Waals surface area contributed by atoms with Crippen molar-refractivity contribution in [1.82, 2.24) is 5.32 Å². The normalized spacial score (nSPS) is 20.2. The van der Waals surface area contributed by atoms with Crippen molar-refractivity contribution in [2.45, 2.75) is 58.0 Å². The lowest BCUT2D eigenvalue weighted by Gasteiger charge is -2.31. The van der Waals surface area contributed by atoms with Crippen molar-refractivity contribution in [3.05, 3.63) is 34.1 Å². The number of nitrogens with one attached hydrogen (secondary N) is 1. The standard InChI is InChI=1S/C16H23BrFN/c1-11(13-6-4-3-5-7-13)19-12(2)15-9-8-14(17)10-16(15)18/h8-13,19H,3-7H2,1-2H3/t11-,12?/m1/s1. The van der Waals surface area contributed by atoms with E-state index in [4.69, 9.17) is 0 Å². The first-order valence-electron chi connectivity index (χ1n) is 7.29. The molecule has 1 nitrogen and oxygen atoms in total. The van der Waals surface area contributed by atoms with E-state index in [1.54, 1.807) is 6.07 Å². The zero-order valence-electron chi connectivity index (χ0n) is 11.8. The Balaban J connectivity index is 1.97. The van der Waals surface area contributed by atoms with Gasteiger partial charge in [-0.3, -0.25) is 0 Å². The lowest BCUT2D eigenvalue weighted by Crippen LogP contribution is -2.36. The molecular weight excluding hydrogens is 305 g/mol. The first-order chi connectivity index (χ1) is 9.08. The first-order valence-corrected chi connectivity index (χ1v) is 8.08. The summed E-state index contributed by atoms with van der Waals surface area (Å²) in [5.74, 6) is 0.611. The van der Waals surface area contributed by atoms with Crippen LogP contribution in [-0.2, 0) is 0 Å². The van der Waals surface area contributed by atoms with Crippen LogP contribution in [0.2, 0.25) is 0 Å². The minimum atomic E-state index is -0.134. The molecule has 0 aliphatic heterocycles. The lowest BCUT2D eigenvalue weighted by molar-refractivity contribution is 0.267. The maximum Gasteiger partial charge on any atom is 0.129 e. The summed E-state index contributed by atoms with van der Waals surface area (Å²) in [6.45, 7) is 4.29. The molecule has 1 aromatic rings. The Hall–Kier alpha value is -0.410. The fourth-order valence-corrected chi connectivity index (χ4v) is 3.44. The predicted octanol–water partition coefficient (Wildman–Crippen LogP) is 5.21. The Morgan fingerprint density at radius 1 is 1.21 bits per heavy atom. The second kappa shape index (κ2) is 6.85. The van der Waals surface area contributed by atoms with E-state index in [0.29, 0.717) is 6.04 Å². The summed E-state index contributed by atoms with van der Waals surface area (Å²) >= 11 is 3.30. The van der Waals surface area contributed by atoms with E-state index in [2.05, 4.69) is 28.2 Å². The monoisotopic (exact) mass is 327 g/mol. The number of hydrogen-bond donors (Lipinski definition) is 1. The molecule has 2 atom stereocenters. The van der Waals surface area contributed by atoms with Crippen molar-refractivity contribution >= 4 is 15.9 Å². The second-order valence-corrected chi connectivity index (χ2v) is 6.66. The lowest BCUT2D eigenvalue weighted by atomic mass is 9.84. The van der Waals surface area contributed by atoms with Crippen LogP contribution in [0.15, 0.2) is 22.7 Å². The molecule has 1 fully saturated rings. The topological polar surface area (TPSA) is 12.0 Å². The van der Waals surface area contributed by atoms with Crippen molar-refractivity contribution in [1.29, 1.82) is 0 Å². The molecule has 1 saturated carbocycles. The highest BCUT2D eigenvalue weighted by Gasteiger charge is 2.22. The molecule has 19 heavy (non-hydrogen) atoms. The molecule has 0 bridgehead atoms. The van der Waals surface area contributed by atoms with Gasteiger partial charge in [0.15, 0.2) is 0 Å². The highest BCUT2D eigenvalue weighted by Crippen LogP contribution is 2.28. The van der Waals surface area contributed by atoms with Crippen LogP contribution in [0.1, 0.15) is 57.6 Å². The molecule has 0 amide bonds. The molecule has 0 spiro atoms. The molecule has 106 valence electrons. The Labute approximate surface area is 124 Å². The Morgan fingerprint density at radius 3 is 2.53 bits per heavy atom. The van der Waals surface area contributed by atoms with Gasteiger partial charge in [-0.1, -0.05) is 41.3 Å². The summed E-state index contributed by atoms with van der Waals surface area (Å²) in [4.78, 5) is 0. The second-order valence-electron chi connectivity index (χ2n) is 5.74. The molecule has 1 unspecified atom stereocenters. The van der Waals surface area contributed by atoms with Gasteiger partial charge in [0.05, 0.1) is 0 Å². The molecule has 1 aliphatic carbocycles. The molecule has 0 aromatic heterocycles. The number of rotatable bonds is 4. The van der Waals surface area contributed by atoms with E-state index >= 15 is 0 Å². The maximum absolute atomic E-state index is 13.9. The molecule has 0 saturated heterocycles. The van der Waals surface area contributed by atoms with E-state index in [1.807, 2.05) is 19.1 Å². The highest BCUT2D eigenvalue weighted by atomic mass is 79.9. The Bertz CT molecular complexity index is 415. The third-order valence-electron chi connectivity index (χ3n) is 4.30. The van der Waals surface area contributed by atoms with Gasteiger partial charge in [-0.2, -0.15) is 0 Å². The van der Waals surface area contributed by atoms with Crippen molar-refractivity contribution in [2.24, 2.45) is 5.92 Å². The van der Waals surface area contributed by atoms with Crippen LogP contribution in [-0.4, -0.2) is 6.04 Å². The van der Waals surface area contributed by atoms with Crippen LogP contribution in [0, 0.1) is 11.7 Å². The SMILES string of the molecule is CC(N[C@H](C)C1CCCCC1)c1ccc(Br)cc1F. The smallest absolute Gasteiger partial charge is 0.129 e. The van der Waals surface area contributed by atoms with Crippen LogP contribution in [0.25, 0.3) is 0 Å². The van der Waals surface area contributed by atoms with Gasteiger partial charge in [-0.15, -0.1) is 0 Å². The van der Waals surface area contributed by atoms with Crippen molar-refractivity contribution in [3.8, 4) is 0 Å². The van der Waals surface area contributed by atoms with E-state index in [1.165, 1.54) is 32.1 Å². The van der Waals surface area contributed by atoms with Gasteiger partial charge in [0, 0.05) is 22.1 Å². The van der Waals surface area contributed by atoms with Crippen LogP contribution in [0.4, 0.5) is 4.39 Å². The minimum absolute atomic E-state index is 0.0602. The van der Waals surface area contributed by atoms with Gasteiger partial charge in [0.25, 0.3) is 0 Å². The summed E-state index contributed by atoms with van der Waals surface area (Å²) in [5, 5.41) is 3.57. The van der Waals surface area contributed by atoms with Gasteiger partial charge < -0.3 is 5.32 Å². The molecule has 0 heterocycles. The third kappa shape index (κ3) is 4.03. The summed E-state index contributed by atoms with van der Waals surface area (Å²) in [6, 6.07) is 5.83. The highest BCUT2D eigenvalue weighted by molar-refractivity contribution is 9.10. The molecule has 2 rings (SSSR count). The minimum Gasteiger partial charge on any atom is -0.307 e. The van der Waals surface area contributed by atoms with E-state index in [9.17, 15) is 4.39 Å². The Kier molecular flexibility index (Phi) is 5.40. The van der Waals surface area contributed by atoms with Gasteiger partial charge in [-0.25, -0.2) is 4.39 Å². The summed E-state index contributed by atoms with van der Waals surface area (Å²) in [5.41, 5.74) is 0.755. The fourth-order valence-electron chi connectivity index (χ4n) is 3.11. The molecule has 0 radical (unpaired) electrons. The maximum atomic E-state index is 13.9. The number of halogens is 2. The molecule has 1 aromatic carbocycles. The van der Waals surface area contributed by atoms with Crippen LogP contribution < -0.4 is 5.32 Å². The number of hydrogen-bond acceptors (Lipinski definition) is 1. The molecule has 1 aliphatic rings. The van der Waals surface area contributed by atoms with Crippen LogP contribution >= 0.6 is 15.9 Å². The number of benzene rings is 1. The van der Waals surface area contributed by atoms with Gasteiger partial charge in [0.2, 0.25) is 0 Å². The zero-order valence-corrected chi connectivity index (χ0v) is 13.3. The van der Waals surface area contributed by atoms with Crippen LogP contribution in [0.3, 0.4) is 0 Å². The summed E-state index contributed by atoms with van der Waals surface area (Å²) in [6.07, 6.45) is 6.68. The van der Waals surface area contributed by atoms with E-state index in [0.717, 1.165) is 16.0 Å². The quantitative estimate of drug-likeness (QED) is 0.800. The largest absolute Gasteiger partial charge is 0.307 e. The first kappa shape index (κ1) is 15.0. The van der Waals surface area contributed by atoms with Gasteiger partial charge in [-0.05, 0) is 44.7 Å². The summed E-state index contributed by atoms with van der Waals surface area (Å²) in [7, 11) is 0. The third-order valence-corrected chi connectivity index (χ3v) is 4.79. The predicted molar refractivity (Wildman–Crippen MR) is 81.7 cm³/mol. The Morgan fingerprint density at radius 2 is 1.89 bits per heavy atom. The molecular formula is C16H23BrFN. The van der Waals surface area contributed by atoms with Crippen molar-refractivity contribution in [2.75, 3.05) is 0 Å². The fraction of sp³-hybridized carbons (Fsp3) is 0.625. The molecule has 3 heteroatoms.